The van der Waals surface area contributed by atoms with Crippen LogP contribution in [0.2, 0.25) is 0 Å². The molecular weight excluding hydrogens is 232 g/mol. The lowest BCUT2D eigenvalue weighted by molar-refractivity contribution is 0.0696. The minimum Gasteiger partial charge on any atom is -0.506 e. The Morgan fingerprint density at radius 3 is 2.33 bits per heavy atom. The van der Waals surface area contributed by atoms with Crippen LogP contribution >= 0.6 is 0 Å². The number of carboxylic acids is 1. The lowest BCUT2D eigenvalue weighted by atomic mass is 10.2. The maximum atomic E-state index is 10.7. The Labute approximate surface area is 103 Å². The fourth-order valence-corrected chi connectivity index (χ4v) is 1.35. The molecule has 2 aromatic rings. The minimum atomic E-state index is -1.10. The summed E-state index contributed by atoms with van der Waals surface area (Å²) in [6, 6.07) is 13.0. The van der Waals surface area contributed by atoms with Crippen LogP contribution in [0.15, 0.2) is 58.8 Å². The standard InChI is InChI=1S/C13H10N2O3/c16-12-8-9(13(17)18)6-7-11(12)15-14-10-4-2-1-3-5-10/h1-8,16H,(H,17,18). The fourth-order valence-electron chi connectivity index (χ4n) is 1.35. The predicted molar refractivity (Wildman–Crippen MR) is 65.7 cm³/mol. The number of carboxylic acid groups (broad SMARTS) is 1. The van der Waals surface area contributed by atoms with Gasteiger partial charge in [-0.15, -0.1) is 5.11 Å². The molecule has 0 saturated carbocycles. The number of hydrogen-bond donors (Lipinski definition) is 2. The third-order valence-electron chi connectivity index (χ3n) is 2.25. The maximum absolute atomic E-state index is 10.7. The van der Waals surface area contributed by atoms with Gasteiger partial charge in [0.25, 0.3) is 0 Å². The van der Waals surface area contributed by atoms with Crippen LogP contribution in [0.5, 0.6) is 5.75 Å². The highest BCUT2D eigenvalue weighted by Crippen LogP contribution is 2.28. The maximum Gasteiger partial charge on any atom is 0.335 e. The minimum absolute atomic E-state index is 0.00570. The number of rotatable bonds is 3. The molecule has 0 unspecified atom stereocenters. The van der Waals surface area contributed by atoms with Crippen molar-refractivity contribution in [1.29, 1.82) is 0 Å². The van der Waals surface area contributed by atoms with Crippen molar-refractivity contribution in [3.63, 3.8) is 0 Å². The molecule has 0 radical (unpaired) electrons. The first-order valence-electron chi connectivity index (χ1n) is 5.20. The fraction of sp³-hybridized carbons (Fsp3) is 0. The van der Waals surface area contributed by atoms with Gasteiger partial charge in [0, 0.05) is 0 Å². The summed E-state index contributed by atoms with van der Waals surface area (Å²) < 4.78 is 0. The van der Waals surface area contributed by atoms with Gasteiger partial charge < -0.3 is 10.2 Å². The van der Waals surface area contributed by atoms with E-state index in [0.717, 1.165) is 6.07 Å². The molecular formula is C13H10N2O3. The molecule has 0 bridgehead atoms. The molecule has 0 atom stereocenters. The number of carbonyl (C=O) groups is 1. The molecule has 2 aromatic carbocycles. The van der Waals surface area contributed by atoms with Gasteiger partial charge in [0.1, 0.15) is 11.4 Å². The summed E-state index contributed by atoms with van der Waals surface area (Å²) in [4.78, 5) is 10.7. The van der Waals surface area contributed by atoms with Crippen LogP contribution < -0.4 is 0 Å². The molecule has 90 valence electrons. The number of nitrogens with zero attached hydrogens (tertiary/aromatic N) is 2. The van der Waals surface area contributed by atoms with Crippen molar-refractivity contribution in [3.05, 3.63) is 54.1 Å². The van der Waals surface area contributed by atoms with E-state index in [9.17, 15) is 9.90 Å². The third kappa shape index (κ3) is 2.70. The van der Waals surface area contributed by atoms with Crippen molar-refractivity contribution in [1.82, 2.24) is 0 Å². The van der Waals surface area contributed by atoms with Gasteiger partial charge in [-0.05, 0) is 30.3 Å². The second-order valence-electron chi connectivity index (χ2n) is 3.54. The van der Waals surface area contributed by atoms with Gasteiger partial charge in [0.15, 0.2) is 0 Å². The Morgan fingerprint density at radius 2 is 1.72 bits per heavy atom. The SMILES string of the molecule is O=C(O)c1ccc(N=Nc2ccccc2)c(O)c1. The highest BCUT2D eigenvalue weighted by atomic mass is 16.4. The lowest BCUT2D eigenvalue weighted by Gasteiger charge is -1.99. The summed E-state index contributed by atoms with van der Waals surface area (Å²) in [6.07, 6.45) is 0. The van der Waals surface area contributed by atoms with Crippen molar-refractivity contribution in [3.8, 4) is 5.75 Å². The number of hydrogen-bond acceptors (Lipinski definition) is 4. The molecule has 5 nitrogen and oxygen atoms in total. The second kappa shape index (κ2) is 5.09. The molecule has 0 aliphatic rings. The summed E-state index contributed by atoms with van der Waals surface area (Å²) in [5.41, 5.74) is 0.884. The van der Waals surface area contributed by atoms with E-state index >= 15 is 0 Å². The molecule has 0 aliphatic heterocycles. The first-order chi connectivity index (χ1) is 8.66. The van der Waals surface area contributed by atoms with E-state index in [0.29, 0.717) is 5.69 Å². The van der Waals surface area contributed by atoms with E-state index in [4.69, 9.17) is 5.11 Å². The van der Waals surface area contributed by atoms with Crippen LogP contribution in [0.1, 0.15) is 10.4 Å². The third-order valence-corrected chi connectivity index (χ3v) is 2.25. The molecule has 0 amide bonds. The average Bonchev–Trinajstić information content (AvgIpc) is 2.38. The molecule has 18 heavy (non-hydrogen) atoms. The number of azo groups is 1. The first-order valence-corrected chi connectivity index (χ1v) is 5.20. The van der Waals surface area contributed by atoms with E-state index in [1.807, 2.05) is 18.2 Å². The molecule has 0 aliphatic carbocycles. The number of aromatic carboxylic acids is 1. The van der Waals surface area contributed by atoms with E-state index in [1.54, 1.807) is 12.1 Å². The zero-order chi connectivity index (χ0) is 13.0. The number of aromatic hydroxyl groups is 1. The summed E-state index contributed by atoms with van der Waals surface area (Å²) in [5, 5.41) is 26.1. The number of phenols is 1. The largest absolute Gasteiger partial charge is 0.506 e. The Hall–Kier alpha value is -2.69. The molecule has 0 spiro atoms. The number of benzene rings is 2. The van der Waals surface area contributed by atoms with Gasteiger partial charge in [-0.3, -0.25) is 0 Å². The normalized spacial score (nSPS) is 10.7. The smallest absolute Gasteiger partial charge is 0.335 e. The van der Waals surface area contributed by atoms with Crippen LogP contribution in [-0.4, -0.2) is 16.2 Å². The predicted octanol–water partition coefficient (Wildman–Crippen LogP) is 3.51. The Kier molecular flexibility index (Phi) is 3.33. The molecule has 0 heterocycles. The Balaban J connectivity index is 2.25. The molecule has 0 fully saturated rings. The summed E-state index contributed by atoms with van der Waals surface area (Å²) in [6.45, 7) is 0. The van der Waals surface area contributed by atoms with Crippen molar-refractivity contribution >= 4 is 17.3 Å². The van der Waals surface area contributed by atoms with Gasteiger partial charge in [0.2, 0.25) is 0 Å². The van der Waals surface area contributed by atoms with Gasteiger partial charge >= 0.3 is 5.97 Å². The highest BCUT2D eigenvalue weighted by molar-refractivity contribution is 5.88. The monoisotopic (exact) mass is 242 g/mol. The van der Waals surface area contributed by atoms with Crippen molar-refractivity contribution < 1.29 is 15.0 Å². The summed E-state index contributed by atoms with van der Waals surface area (Å²) in [7, 11) is 0. The quantitative estimate of drug-likeness (QED) is 0.808. The zero-order valence-electron chi connectivity index (χ0n) is 9.32. The molecule has 0 saturated heterocycles. The molecule has 2 N–H and O–H groups in total. The van der Waals surface area contributed by atoms with Gasteiger partial charge in [-0.1, -0.05) is 18.2 Å². The first kappa shape index (κ1) is 11.8. The van der Waals surface area contributed by atoms with E-state index in [-0.39, 0.29) is 17.0 Å². The average molecular weight is 242 g/mol. The van der Waals surface area contributed by atoms with Gasteiger partial charge in [-0.2, -0.15) is 5.11 Å². The van der Waals surface area contributed by atoms with Crippen molar-refractivity contribution in [2.45, 2.75) is 0 Å². The van der Waals surface area contributed by atoms with Crippen LogP contribution in [0.3, 0.4) is 0 Å². The Bertz CT molecular complexity index is 594. The zero-order valence-corrected chi connectivity index (χ0v) is 9.32. The topological polar surface area (TPSA) is 82.2 Å². The molecule has 0 aromatic heterocycles. The van der Waals surface area contributed by atoms with Crippen LogP contribution in [0, 0.1) is 0 Å². The molecule has 5 heteroatoms. The van der Waals surface area contributed by atoms with E-state index in [1.165, 1.54) is 12.1 Å². The second-order valence-corrected chi connectivity index (χ2v) is 3.54. The van der Waals surface area contributed by atoms with Crippen molar-refractivity contribution in [2.75, 3.05) is 0 Å². The van der Waals surface area contributed by atoms with Crippen LogP contribution in [0.25, 0.3) is 0 Å². The Morgan fingerprint density at radius 1 is 1.00 bits per heavy atom. The molecule has 2 rings (SSSR count). The summed E-state index contributed by atoms with van der Waals surface area (Å²) in [5.74, 6) is -1.31. The van der Waals surface area contributed by atoms with Gasteiger partial charge in [0.05, 0.1) is 11.3 Å². The highest BCUT2D eigenvalue weighted by Gasteiger charge is 2.06. The van der Waals surface area contributed by atoms with E-state index in [2.05, 4.69) is 10.2 Å². The van der Waals surface area contributed by atoms with Gasteiger partial charge in [-0.25, -0.2) is 4.79 Å². The lowest BCUT2D eigenvalue weighted by Crippen LogP contribution is -1.94. The van der Waals surface area contributed by atoms with E-state index < -0.39 is 5.97 Å². The van der Waals surface area contributed by atoms with Crippen molar-refractivity contribution in [2.24, 2.45) is 10.2 Å². The van der Waals surface area contributed by atoms with Crippen LogP contribution in [-0.2, 0) is 0 Å². The number of phenolic OH excluding ortho intramolecular Hbond substituents is 1. The summed E-state index contributed by atoms with van der Waals surface area (Å²) >= 11 is 0. The van der Waals surface area contributed by atoms with Crippen LogP contribution in [0.4, 0.5) is 11.4 Å².